The number of benzene rings is 2. The number of halogens is 1. The van der Waals surface area contributed by atoms with Gasteiger partial charge in [0.2, 0.25) is 11.8 Å². The molecule has 2 heterocycles. The van der Waals surface area contributed by atoms with Gasteiger partial charge in [-0.25, -0.2) is 4.98 Å². The third kappa shape index (κ3) is 5.75. The zero-order valence-corrected chi connectivity index (χ0v) is 18.4. The van der Waals surface area contributed by atoms with Gasteiger partial charge in [0.25, 0.3) is 0 Å². The molecule has 0 radical (unpaired) electrons. The molecule has 166 valence electrons. The minimum atomic E-state index is -0.115. The van der Waals surface area contributed by atoms with Crippen molar-refractivity contribution in [2.75, 3.05) is 38.0 Å². The van der Waals surface area contributed by atoms with Crippen LogP contribution >= 0.6 is 11.6 Å². The summed E-state index contributed by atoms with van der Waals surface area (Å²) in [5.41, 5.74) is 1.57. The van der Waals surface area contributed by atoms with Crippen LogP contribution < -0.4 is 5.32 Å². The Bertz CT molecular complexity index is 1060. The number of piperazine rings is 1. The van der Waals surface area contributed by atoms with Crippen molar-refractivity contribution in [3.05, 3.63) is 71.7 Å². The molecule has 1 N–H and O–H groups in total. The molecule has 2 amide bonds. The van der Waals surface area contributed by atoms with E-state index in [0.29, 0.717) is 61.4 Å². The second-order valence-electron chi connectivity index (χ2n) is 7.67. The van der Waals surface area contributed by atoms with Crippen LogP contribution in [-0.2, 0) is 16.0 Å². The number of amides is 2. The van der Waals surface area contributed by atoms with Crippen LogP contribution in [0.15, 0.2) is 65.2 Å². The Morgan fingerprint density at radius 3 is 2.47 bits per heavy atom. The molecule has 7 nitrogen and oxygen atoms in total. The van der Waals surface area contributed by atoms with Crippen molar-refractivity contribution in [1.82, 2.24) is 14.8 Å². The van der Waals surface area contributed by atoms with E-state index in [0.717, 1.165) is 5.56 Å². The van der Waals surface area contributed by atoms with Crippen LogP contribution in [0.25, 0.3) is 11.3 Å². The molecule has 4 rings (SSSR count). The van der Waals surface area contributed by atoms with Gasteiger partial charge in [-0.3, -0.25) is 14.5 Å². The van der Waals surface area contributed by atoms with Crippen molar-refractivity contribution in [2.45, 2.75) is 12.8 Å². The van der Waals surface area contributed by atoms with Crippen molar-refractivity contribution in [3.8, 4) is 11.3 Å². The Labute approximate surface area is 192 Å². The number of carbonyl (C=O) groups excluding carboxylic acids is 2. The number of nitrogens with zero attached hydrogens (tertiary/aromatic N) is 3. The maximum Gasteiger partial charge on any atom is 0.238 e. The summed E-state index contributed by atoms with van der Waals surface area (Å²) in [6.45, 7) is 2.77. The predicted octanol–water partition coefficient (Wildman–Crippen LogP) is 3.71. The molecule has 2 aromatic carbocycles. The van der Waals surface area contributed by atoms with Gasteiger partial charge in [-0.1, -0.05) is 54.1 Å². The number of aromatic nitrogens is 1. The van der Waals surface area contributed by atoms with Crippen molar-refractivity contribution >= 4 is 29.1 Å². The van der Waals surface area contributed by atoms with Crippen molar-refractivity contribution in [1.29, 1.82) is 0 Å². The van der Waals surface area contributed by atoms with Gasteiger partial charge < -0.3 is 14.6 Å². The second kappa shape index (κ2) is 10.4. The molecule has 32 heavy (non-hydrogen) atoms. The van der Waals surface area contributed by atoms with Crippen molar-refractivity contribution in [2.24, 2.45) is 0 Å². The highest BCUT2D eigenvalue weighted by atomic mass is 35.5. The Hall–Kier alpha value is -3.16. The lowest BCUT2D eigenvalue weighted by atomic mass is 10.2. The number of hydrogen-bond acceptors (Lipinski definition) is 5. The summed E-state index contributed by atoms with van der Waals surface area (Å²) in [6, 6.07) is 16.9. The summed E-state index contributed by atoms with van der Waals surface area (Å²) in [5, 5.41) is 3.35. The molecule has 1 aliphatic rings. The molecular weight excluding hydrogens is 428 g/mol. The van der Waals surface area contributed by atoms with Crippen LogP contribution in [0.1, 0.15) is 12.3 Å². The molecule has 0 aliphatic carbocycles. The fourth-order valence-corrected chi connectivity index (χ4v) is 3.83. The summed E-state index contributed by atoms with van der Waals surface area (Å²) in [5.74, 6) is 1.23. The Balaban J connectivity index is 1.20. The lowest BCUT2D eigenvalue weighted by Crippen LogP contribution is -2.50. The van der Waals surface area contributed by atoms with E-state index in [9.17, 15) is 9.59 Å². The maximum absolute atomic E-state index is 12.6. The highest BCUT2D eigenvalue weighted by molar-refractivity contribution is 6.33. The molecule has 3 aromatic rings. The van der Waals surface area contributed by atoms with Gasteiger partial charge in [0.1, 0.15) is 0 Å². The fourth-order valence-electron chi connectivity index (χ4n) is 3.64. The van der Waals surface area contributed by atoms with E-state index in [-0.39, 0.29) is 18.4 Å². The number of rotatable bonds is 7. The number of oxazole rings is 1. The third-order valence-electron chi connectivity index (χ3n) is 5.40. The largest absolute Gasteiger partial charge is 0.441 e. The van der Waals surface area contributed by atoms with Crippen LogP contribution in [0.2, 0.25) is 5.02 Å². The van der Waals surface area contributed by atoms with E-state index in [1.807, 2.05) is 52.3 Å². The minimum absolute atomic E-state index is 0.0737. The van der Waals surface area contributed by atoms with Gasteiger partial charge >= 0.3 is 0 Å². The lowest BCUT2D eigenvalue weighted by molar-refractivity contribution is -0.133. The maximum atomic E-state index is 12.6. The normalized spacial score (nSPS) is 14.3. The number of nitrogens with one attached hydrogen (secondary N) is 1. The summed E-state index contributed by atoms with van der Waals surface area (Å²) in [6.07, 6.45) is 2.51. The molecule has 8 heteroatoms. The summed E-state index contributed by atoms with van der Waals surface area (Å²) in [4.78, 5) is 33.1. The number of hydrogen-bond donors (Lipinski definition) is 1. The number of aryl methyl sites for hydroxylation is 1. The minimum Gasteiger partial charge on any atom is -0.441 e. The first-order valence-corrected chi connectivity index (χ1v) is 11.0. The number of para-hydroxylation sites is 1. The van der Waals surface area contributed by atoms with Crippen LogP contribution in [0.3, 0.4) is 0 Å². The van der Waals surface area contributed by atoms with Crippen LogP contribution in [0.5, 0.6) is 0 Å². The molecule has 1 aliphatic heterocycles. The summed E-state index contributed by atoms with van der Waals surface area (Å²) < 4.78 is 5.78. The van der Waals surface area contributed by atoms with Crippen molar-refractivity contribution in [3.63, 3.8) is 0 Å². The van der Waals surface area contributed by atoms with Gasteiger partial charge in [-0.15, -0.1) is 0 Å². The smallest absolute Gasteiger partial charge is 0.238 e. The standard InChI is InChI=1S/C24H25ClN4O3/c25-19-8-4-5-9-20(19)27-22(30)17-28-12-14-29(15-13-28)24(31)11-10-23-26-16-21(32-23)18-6-2-1-3-7-18/h1-9,16H,10-15,17H2,(H,27,30). The molecule has 1 aromatic heterocycles. The Morgan fingerprint density at radius 2 is 1.72 bits per heavy atom. The molecule has 1 fully saturated rings. The van der Waals surface area contributed by atoms with Crippen LogP contribution in [-0.4, -0.2) is 59.3 Å². The van der Waals surface area contributed by atoms with E-state index >= 15 is 0 Å². The summed E-state index contributed by atoms with van der Waals surface area (Å²) in [7, 11) is 0. The quantitative estimate of drug-likeness (QED) is 0.591. The predicted molar refractivity (Wildman–Crippen MR) is 123 cm³/mol. The van der Waals surface area contributed by atoms with E-state index in [4.69, 9.17) is 16.0 Å². The highest BCUT2D eigenvalue weighted by Crippen LogP contribution is 2.21. The fraction of sp³-hybridized carbons (Fsp3) is 0.292. The Kier molecular flexibility index (Phi) is 7.19. The van der Waals surface area contributed by atoms with Gasteiger partial charge in [-0.2, -0.15) is 0 Å². The van der Waals surface area contributed by atoms with Crippen molar-refractivity contribution < 1.29 is 14.0 Å². The van der Waals surface area contributed by atoms with Gasteiger partial charge in [0.05, 0.1) is 23.5 Å². The molecule has 1 saturated heterocycles. The first-order valence-electron chi connectivity index (χ1n) is 10.6. The van der Waals surface area contributed by atoms with E-state index in [1.165, 1.54) is 0 Å². The van der Waals surface area contributed by atoms with Crippen LogP contribution in [0.4, 0.5) is 5.69 Å². The third-order valence-corrected chi connectivity index (χ3v) is 5.73. The van der Waals surface area contributed by atoms with Crippen LogP contribution in [0, 0.1) is 0 Å². The monoisotopic (exact) mass is 452 g/mol. The SMILES string of the molecule is O=C(CN1CCN(C(=O)CCc2ncc(-c3ccccc3)o2)CC1)Nc1ccccc1Cl. The first-order chi connectivity index (χ1) is 15.6. The molecule has 0 bridgehead atoms. The second-order valence-corrected chi connectivity index (χ2v) is 8.08. The van der Waals surface area contributed by atoms with Gasteiger partial charge in [-0.05, 0) is 12.1 Å². The lowest BCUT2D eigenvalue weighted by Gasteiger charge is -2.34. The molecule has 0 unspecified atom stereocenters. The number of anilines is 1. The summed E-state index contributed by atoms with van der Waals surface area (Å²) >= 11 is 6.09. The Morgan fingerprint density at radius 1 is 1.00 bits per heavy atom. The first kappa shape index (κ1) is 22.0. The van der Waals surface area contributed by atoms with E-state index < -0.39 is 0 Å². The zero-order chi connectivity index (χ0) is 22.3. The van der Waals surface area contributed by atoms with E-state index in [1.54, 1.807) is 18.3 Å². The molecule has 0 saturated carbocycles. The molecular formula is C24H25ClN4O3. The average molecular weight is 453 g/mol. The van der Waals surface area contributed by atoms with E-state index in [2.05, 4.69) is 10.3 Å². The van der Waals surface area contributed by atoms with Gasteiger partial charge in [0.15, 0.2) is 11.7 Å². The highest BCUT2D eigenvalue weighted by Gasteiger charge is 2.23. The molecule has 0 spiro atoms. The molecule has 0 atom stereocenters. The average Bonchev–Trinajstić information content (AvgIpc) is 3.29. The zero-order valence-electron chi connectivity index (χ0n) is 17.7. The topological polar surface area (TPSA) is 78.7 Å². The number of carbonyl (C=O) groups is 2. The van der Waals surface area contributed by atoms with Gasteiger partial charge in [0, 0.05) is 44.6 Å².